The number of likely N-dealkylation sites (N-methyl/N-ethyl adjacent to an activating group) is 1. The summed E-state index contributed by atoms with van der Waals surface area (Å²) in [7, 11) is 2.26. The first-order valence-corrected chi connectivity index (χ1v) is 8.97. The van der Waals surface area contributed by atoms with Crippen molar-refractivity contribution in [2.24, 2.45) is 5.41 Å². The molecule has 0 spiro atoms. The first-order valence-electron chi connectivity index (χ1n) is 8.97. The lowest BCUT2D eigenvalue weighted by Crippen LogP contribution is -2.45. The minimum absolute atomic E-state index is 0.341. The lowest BCUT2D eigenvalue weighted by Gasteiger charge is -2.37. The SMILES string of the molecule is CC(C)NCC1(CN(C)CCOC(C)C)CCCCCC1. The zero-order valence-corrected chi connectivity index (χ0v) is 15.1. The van der Waals surface area contributed by atoms with Gasteiger partial charge in [0.05, 0.1) is 12.7 Å². The number of nitrogens with one attached hydrogen (secondary N) is 1. The van der Waals surface area contributed by atoms with Crippen LogP contribution in [0, 0.1) is 5.41 Å². The van der Waals surface area contributed by atoms with Gasteiger partial charge in [-0.05, 0) is 39.2 Å². The van der Waals surface area contributed by atoms with E-state index >= 15 is 0 Å². The molecule has 1 aliphatic carbocycles. The van der Waals surface area contributed by atoms with Crippen molar-refractivity contribution in [2.75, 3.05) is 33.3 Å². The van der Waals surface area contributed by atoms with Gasteiger partial charge >= 0.3 is 0 Å². The highest BCUT2D eigenvalue weighted by atomic mass is 16.5. The third-order valence-corrected chi connectivity index (χ3v) is 4.58. The molecule has 0 atom stereocenters. The average molecular weight is 299 g/mol. The Kier molecular flexibility index (Phi) is 8.84. The molecule has 1 saturated carbocycles. The Bertz CT molecular complexity index is 258. The summed E-state index contributed by atoms with van der Waals surface area (Å²) in [6.07, 6.45) is 8.73. The van der Waals surface area contributed by atoms with Crippen molar-refractivity contribution in [1.82, 2.24) is 10.2 Å². The largest absolute Gasteiger partial charge is 0.377 e. The monoisotopic (exact) mass is 298 g/mol. The zero-order chi connectivity index (χ0) is 15.7. The van der Waals surface area contributed by atoms with Crippen molar-refractivity contribution in [3.63, 3.8) is 0 Å². The second-order valence-electron chi connectivity index (χ2n) is 7.61. The van der Waals surface area contributed by atoms with Crippen LogP contribution in [0.5, 0.6) is 0 Å². The number of rotatable bonds is 9. The summed E-state index contributed by atoms with van der Waals surface area (Å²) < 4.78 is 5.70. The van der Waals surface area contributed by atoms with Gasteiger partial charge in [0.2, 0.25) is 0 Å². The van der Waals surface area contributed by atoms with E-state index < -0.39 is 0 Å². The summed E-state index contributed by atoms with van der Waals surface area (Å²) in [5, 5.41) is 3.71. The smallest absolute Gasteiger partial charge is 0.0596 e. The Morgan fingerprint density at radius 2 is 1.67 bits per heavy atom. The molecule has 126 valence electrons. The summed E-state index contributed by atoms with van der Waals surface area (Å²) >= 11 is 0. The molecule has 3 heteroatoms. The van der Waals surface area contributed by atoms with Gasteiger partial charge in [-0.15, -0.1) is 0 Å². The molecule has 0 aromatic heterocycles. The van der Waals surface area contributed by atoms with E-state index in [9.17, 15) is 0 Å². The van der Waals surface area contributed by atoms with Crippen molar-refractivity contribution in [3.05, 3.63) is 0 Å². The van der Waals surface area contributed by atoms with Gasteiger partial charge in [-0.25, -0.2) is 0 Å². The van der Waals surface area contributed by atoms with Gasteiger partial charge in [-0.2, -0.15) is 0 Å². The van der Waals surface area contributed by atoms with Crippen LogP contribution in [0.2, 0.25) is 0 Å². The quantitative estimate of drug-likeness (QED) is 0.657. The molecular weight excluding hydrogens is 260 g/mol. The molecule has 0 amide bonds. The fourth-order valence-electron chi connectivity index (χ4n) is 3.39. The normalized spacial score (nSPS) is 19.4. The van der Waals surface area contributed by atoms with E-state index in [1.165, 1.54) is 51.6 Å². The van der Waals surface area contributed by atoms with Gasteiger partial charge < -0.3 is 15.0 Å². The molecule has 0 aromatic rings. The van der Waals surface area contributed by atoms with Crippen molar-refractivity contribution in [3.8, 4) is 0 Å². The molecule has 0 unspecified atom stereocenters. The third kappa shape index (κ3) is 8.18. The predicted octanol–water partition coefficient (Wildman–Crippen LogP) is 3.68. The molecular formula is C18H38N2O. The molecule has 1 N–H and O–H groups in total. The number of ether oxygens (including phenoxy) is 1. The van der Waals surface area contributed by atoms with Crippen molar-refractivity contribution < 1.29 is 4.74 Å². The second-order valence-corrected chi connectivity index (χ2v) is 7.61. The molecule has 0 radical (unpaired) electrons. The highest BCUT2D eigenvalue weighted by Gasteiger charge is 2.32. The zero-order valence-electron chi connectivity index (χ0n) is 15.1. The summed E-state index contributed by atoms with van der Waals surface area (Å²) in [5.74, 6) is 0. The highest BCUT2D eigenvalue weighted by Crippen LogP contribution is 2.35. The second kappa shape index (κ2) is 9.81. The Morgan fingerprint density at radius 1 is 1.05 bits per heavy atom. The van der Waals surface area contributed by atoms with Crippen molar-refractivity contribution in [2.45, 2.75) is 78.4 Å². The molecule has 1 aliphatic rings. The van der Waals surface area contributed by atoms with E-state index in [4.69, 9.17) is 4.74 Å². The number of hydrogen-bond donors (Lipinski definition) is 1. The van der Waals surface area contributed by atoms with Crippen LogP contribution in [0.15, 0.2) is 0 Å². The third-order valence-electron chi connectivity index (χ3n) is 4.58. The van der Waals surface area contributed by atoms with Crippen molar-refractivity contribution in [1.29, 1.82) is 0 Å². The van der Waals surface area contributed by atoms with E-state index in [-0.39, 0.29) is 0 Å². The molecule has 0 aromatic carbocycles. The van der Waals surface area contributed by atoms with E-state index in [2.05, 4.69) is 45.0 Å². The van der Waals surface area contributed by atoms with Crippen LogP contribution in [0.3, 0.4) is 0 Å². The molecule has 0 bridgehead atoms. The Morgan fingerprint density at radius 3 is 2.19 bits per heavy atom. The number of nitrogens with zero attached hydrogens (tertiary/aromatic N) is 1. The lowest BCUT2D eigenvalue weighted by atomic mass is 9.79. The van der Waals surface area contributed by atoms with Gasteiger partial charge in [0.1, 0.15) is 0 Å². The van der Waals surface area contributed by atoms with E-state index in [1.807, 2.05) is 0 Å². The van der Waals surface area contributed by atoms with Crippen LogP contribution in [0.1, 0.15) is 66.2 Å². The Labute approximate surface area is 132 Å². The first-order chi connectivity index (χ1) is 9.93. The van der Waals surface area contributed by atoms with E-state index in [0.717, 1.165) is 13.2 Å². The van der Waals surface area contributed by atoms with Crippen LogP contribution in [-0.4, -0.2) is 50.3 Å². The van der Waals surface area contributed by atoms with E-state index in [0.29, 0.717) is 17.6 Å². The van der Waals surface area contributed by atoms with Crippen molar-refractivity contribution >= 4 is 0 Å². The molecule has 0 heterocycles. The summed E-state index contributed by atoms with van der Waals surface area (Å²) in [6.45, 7) is 13.0. The van der Waals surface area contributed by atoms with Gasteiger partial charge in [0, 0.05) is 25.7 Å². The van der Waals surface area contributed by atoms with Gasteiger partial charge in [0.25, 0.3) is 0 Å². The lowest BCUT2D eigenvalue weighted by molar-refractivity contribution is 0.0513. The van der Waals surface area contributed by atoms with Gasteiger partial charge in [0.15, 0.2) is 0 Å². The molecule has 3 nitrogen and oxygen atoms in total. The van der Waals surface area contributed by atoms with E-state index in [1.54, 1.807) is 0 Å². The summed E-state index contributed by atoms with van der Waals surface area (Å²) in [4.78, 5) is 2.48. The molecule has 0 aliphatic heterocycles. The predicted molar refractivity (Wildman–Crippen MR) is 91.9 cm³/mol. The summed E-state index contributed by atoms with van der Waals surface area (Å²) in [5.41, 5.74) is 0.466. The fraction of sp³-hybridized carbons (Fsp3) is 1.00. The van der Waals surface area contributed by atoms with Gasteiger partial charge in [-0.1, -0.05) is 39.5 Å². The summed E-state index contributed by atoms with van der Waals surface area (Å²) in [6, 6.07) is 0.583. The van der Waals surface area contributed by atoms with Crippen LogP contribution >= 0.6 is 0 Å². The van der Waals surface area contributed by atoms with Gasteiger partial charge in [-0.3, -0.25) is 0 Å². The standard InChI is InChI=1S/C18H38N2O/c1-16(2)19-14-18(10-8-6-7-9-11-18)15-20(5)12-13-21-17(3)4/h16-17,19H,6-15H2,1-5H3. The molecule has 1 rings (SSSR count). The number of hydrogen-bond acceptors (Lipinski definition) is 3. The first kappa shape index (κ1) is 18.9. The fourth-order valence-corrected chi connectivity index (χ4v) is 3.39. The highest BCUT2D eigenvalue weighted by molar-refractivity contribution is 4.87. The molecule has 1 fully saturated rings. The molecule has 0 saturated heterocycles. The van der Waals surface area contributed by atoms with Crippen LogP contribution < -0.4 is 5.32 Å². The topological polar surface area (TPSA) is 24.5 Å². The Balaban J connectivity index is 2.50. The maximum atomic E-state index is 5.70. The maximum Gasteiger partial charge on any atom is 0.0596 e. The van der Waals surface area contributed by atoms with Crippen LogP contribution in [-0.2, 0) is 4.74 Å². The van der Waals surface area contributed by atoms with Crippen LogP contribution in [0.25, 0.3) is 0 Å². The minimum atomic E-state index is 0.341. The van der Waals surface area contributed by atoms with Crippen LogP contribution in [0.4, 0.5) is 0 Å². The molecule has 21 heavy (non-hydrogen) atoms. The average Bonchev–Trinajstić information content (AvgIpc) is 2.62. The minimum Gasteiger partial charge on any atom is -0.377 e. The Hall–Kier alpha value is -0.120. The maximum absolute atomic E-state index is 5.70.